The SMILES string of the molecule is Cc1nccnc1OC[C@@H]1CCNC1. The van der Waals surface area contributed by atoms with Crippen molar-refractivity contribution in [2.75, 3.05) is 19.7 Å². The molecule has 0 radical (unpaired) electrons. The summed E-state index contributed by atoms with van der Waals surface area (Å²) in [5.74, 6) is 1.29. The average molecular weight is 193 g/mol. The predicted molar refractivity (Wildman–Crippen MR) is 53.2 cm³/mol. The molecule has 1 saturated heterocycles. The first-order chi connectivity index (χ1) is 6.86. The van der Waals surface area contributed by atoms with Gasteiger partial charge in [-0.25, -0.2) is 4.98 Å². The standard InChI is InChI=1S/C10H15N3O/c1-8-10(13-5-4-12-8)14-7-9-2-3-11-6-9/h4-5,9,11H,2-3,6-7H2,1H3/t9-/m1/s1. The maximum Gasteiger partial charge on any atom is 0.235 e. The lowest BCUT2D eigenvalue weighted by molar-refractivity contribution is 0.248. The summed E-state index contributed by atoms with van der Waals surface area (Å²) in [7, 11) is 0. The first-order valence-electron chi connectivity index (χ1n) is 4.97. The first kappa shape index (κ1) is 9.40. The molecule has 0 saturated carbocycles. The van der Waals surface area contributed by atoms with Gasteiger partial charge >= 0.3 is 0 Å². The number of nitrogens with one attached hydrogen (secondary N) is 1. The zero-order valence-electron chi connectivity index (χ0n) is 8.36. The lowest BCUT2D eigenvalue weighted by Gasteiger charge is -2.10. The van der Waals surface area contributed by atoms with Crippen LogP contribution in [0.25, 0.3) is 0 Å². The van der Waals surface area contributed by atoms with Crippen LogP contribution in [0.4, 0.5) is 0 Å². The fourth-order valence-electron chi connectivity index (χ4n) is 1.59. The molecule has 1 aliphatic rings. The van der Waals surface area contributed by atoms with Crippen LogP contribution < -0.4 is 10.1 Å². The molecule has 1 atom stereocenters. The number of rotatable bonds is 3. The van der Waals surface area contributed by atoms with Crippen molar-refractivity contribution >= 4 is 0 Å². The van der Waals surface area contributed by atoms with Crippen molar-refractivity contribution in [1.82, 2.24) is 15.3 Å². The smallest absolute Gasteiger partial charge is 0.235 e. The fourth-order valence-corrected chi connectivity index (χ4v) is 1.59. The molecule has 1 N–H and O–H groups in total. The highest BCUT2D eigenvalue weighted by Gasteiger charge is 2.15. The van der Waals surface area contributed by atoms with Crippen LogP contribution in [0.1, 0.15) is 12.1 Å². The molecule has 0 aromatic carbocycles. The third kappa shape index (κ3) is 2.20. The molecule has 4 nitrogen and oxygen atoms in total. The zero-order chi connectivity index (χ0) is 9.80. The topological polar surface area (TPSA) is 47.0 Å². The second-order valence-electron chi connectivity index (χ2n) is 3.62. The number of hydrogen-bond acceptors (Lipinski definition) is 4. The Bertz CT molecular complexity index is 297. The Morgan fingerprint density at radius 2 is 2.36 bits per heavy atom. The summed E-state index contributed by atoms with van der Waals surface area (Å²) in [5, 5.41) is 3.31. The van der Waals surface area contributed by atoms with Gasteiger partial charge in [0.05, 0.1) is 12.3 Å². The summed E-state index contributed by atoms with van der Waals surface area (Å²) < 4.78 is 5.61. The van der Waals surface area contributed by atoms with Gasteiger partial charge < -0.3 is 10.1 Å². The van der Waals surface area contributed by atoms with E-state index in [9.17, 15) is 0 Å². The van der Waals surface area contributed by atoms with Gasteiger partial charge in [0.15, 0.2) is 0 Å². The Labute approximate surface area is 83.7 Å². The highest BCUT2D eigenvalue weighted by Crippen LogP contribution is 2.13. The molecule has 14 heavy (non-hydrogen) atoms. The normalized spacial score (nSPS) is 21.1. The monoisotopic (exact) mass is 193 g/mol. The number of nitrogens with zero attached hydrogens (tertiary/aromatic N) is 2. The first-order valence-corrected chi connectivity index (χ1v) is 4.97. The van der Waals surface area contributed by atoms with Crippen LogP contribution in [-0.2, 0) is 0 Å². The van der Waals surface area contributed by atoms with Crippen molar-refractivity contribution < 1.29 is 4.74 Å². The highest BCUT2D eigenvalue weighted by atomic mass is 16.5. The van der Waals surface area contributed by atoms with E-state index < -0.39 is 0 Å². The van der Waals surface area contributed by atoms with Crippen molar-refractivity contribution in [2.45, 2.75) is 13.3 Å². The van der Waals surface area contributed by atoms with E-state index in [2.05, 4.69) is 15.3 Å². The van der Waals surface area contributed by atoms with Crippen LogP contribution in [0.15, 0.2) is 12.4 Å². The zero-order valence-corrected chi connectivity index (χ0v) is 8.36. The number of aryl methyl sites for hydroxylation is 1. The maximum atomic E-state index is 5.61. The quantitative estimate of drug-likeness (QED) is 0.770. The molecule has 2 heterocycles. The van der Waals surface area contributed by atoms with E-state index >= 15 is 0 Å². The Hall–Kier alpha value is -1.16. The molecule has 0 amide bonds. The highest BCUT2D eigenvalue weighted by molar-refractivity contribution is 5.14. The van der Waals surface area contributed by atoms with Crippen LogP contribution in [0.2, 0.25) is 0 Å². The summed E-state index contributed by atoms with van der Waals surface area (Å²) in [5.41, 5.74) is 0.860. The molecule has 4 heteroatoms. The lowest BCUT2D eigenvalue weighted by atomic mass is 10.1. The van der Waals surface area contributed by atoms with Gasteiger partial charge in [-0.3, -0.25) is 4.98 Å². The summed E-state index contributed by atoms with van der Waals surface area (Å²) in [4.78, 5) is 8.26. The fraction of sp³-hybridized carbons (Fsp3) is 0.600. The van der Waals surface area contributed by atoms with E-state index in [4.69, 9.17) is 4.74 Å². The Morgan fingerprint density at radius 1 is 1.50 bits per heavy atom. The minimum Gasteiger partial charge on any atom is -0.476 e. The van der Waals surface area contributed by atoms with Crippen molar-refractivity contribution in [3.63, 3.8) is 0 Å². The van der Waals surface area contributed by atoms with Gasteiger partial charge in [0, 0.05) is 24.9 Å². The van der Waals surface area contributed by atoms with Gasteiger partial charge in [0.1, 0.15) is 0 Å². The van der Waals surface area contributed by atoms with Crippen molar-refractivity contribution in [3.8, 4) is 5.88 Å². The van der Waals surface area contributed by atoms with Gasteiger partial charge in [-0.2, -0.15) is 0 Å². The molecule has 0 unspecified atom stereocenters. The minimum absolute atomic E-state index is 0.622. The van der Waals surface area contributed by atoms with Gasteiger partial charge in [0.25, 0.3) is 0 Å². The van der Waals surface area contributed by atoms with E-state index in [1.54, 1.807) is 12.4 Å². The number of ether oxygens (including phenoxy) is 1. The molecule has 0 aliphatic carbocycles. The van der Waals surface area contributed by atoms with Crippen molar-refractivity contribution in [1.29, 1.82) is 0 Å². The summed E-state index contributed by atoms with van der Waals surface area (Å²) in [6, 6.07) is 0. The second-order valence-corrected chi connectivity index (χ2v) is 3.62. The molecule has 1 fully saturated rings. The third-order valence-corrected chi connectivity index (χ3v) is 2.45. The molecule has 0 spiro atoms. The Morgan fingerprint density at radius 3 is 3.07 bits per heavy atom. The largest absolute Gasteiger partial charge is 0.476 e. The van der Waals surface area contributed by atoms with E-state index in [0.717, 1.165) is 25.4 Å². The van der Waals surface area contributed by atoms with Crippen LogP contribution in [0, 0.1) is 12.8 Å². The molecule has 1 aliphatic heterocycles. The molecular formula is C10H15N3O. The predicted octanol–water partition coefficient (Wildman–Crippen LogP) is 0.773. The Balaban J connectivity index is 1.88. The van der Waals surface area contributed by atoms with Gasteiger partial charge in [-0.05, 0) is 19.9 Å². The molecule has 2 rings (SSSR count). The lowest BCUT2D eigenvalue weighted by Crippen LogP contribution is -2.16. The maximum absolute atomic E-state index is 5.61. The van der Waals surface area contributed by atoms with Crippen molar-refractivity contribution in [3.05, 3.63) is 18.1 Å². The Kier molecular flexibility index (Phi) is 2.93. The number of hydrogen-bond donors (Lipinski definition) is 1. The van der Waals surface area contributed by atoms with Gasteiger partial charge in [-0.1, -0.05) is 0 Å². The average Bonchev–Trinajstić information content (AvgIpc) is 2.69. The molecule has 76 valence electrons. The second kappa shape index (κ2) is 4.37. The molecule has 1 aromatic rings. The van der Waals surface area contributed by atoms with Crippen molar-refractivity contribution in [2.24, 2.45) is 5.92 Å². The molecule has 0 bridgehead atoms. The van der Waals surface area contributed by atoms with E-state index in [0.29, 0.717) is 11.8 Å². The number of aromatic nitrogens is 2. The van der Waals surface area contributed by atoms with Crippen LogP contribution in [0.5, 0.6) is 5.88 Å². The summed E-state index contributed by atoms with van der Waals surface area (Å²) in [6.45, 7) is 4.81. The van der Waals surface area contributed by atoms with Crippen LogP contribution in [0.3, 0.4) is 0 Å². The van der Waals surface area contributed by atoms with Gasteiger partial charge in [-0.15, -0.1) is 0 Å². The van der Waals surface area contributed by atoms with Crippen LogP contribution in [-0.4, -0.2) is 29.7 Å². The van der Waals surface area contributed by atoms with Crippen LogP contribution >= 0.6 is 0 Å². The third-order valence-electron chi connectivity index (χ3n) is 2.45. The van der Waals surface area contributed by atoms with E-state index in [1.807, 2.05) is 6.92 Å². The minimum atomic E-state index is 0.622. The van der Waals surface area contributed by atoms with E-state index in [1.165, 1.54) is 6.42 Å². The molecular weight excluding hydrogens is 178 g/mol. The van der Waals surface area contributed by atoms with Gasteiger partial charge in [0.2, 0.25) is 5.88 Å². The summed E-state index contributed by atoms with van der Waals surface area (Å²) in [6.07, 6.45) is 4.54. The summed E-state index contributed by atoms with van der Waals surface area (Å²) >= 11 is 0. The van der Waals surface area contributed by atoms with E-state index in [-0.39, 0.29) is 0 Å². The molecule has 1 aromatic heterocycles.